The van der Waals surface area contributed by atoms with Crippen molar-refractivity contribution in [2.45, 2.75) is 6.36 Å². The van der Waals surface area contributed by atoms with Crippen molar-refractivity contribution in [1.82, 2.24) is 0 Å². The second-order valence-electron chi connectivity index (χ2n) is 3.00. The first-order chi connectivity index (χ1) is 7.56. The minimum atomic E-state index is -4.70. The Hall–Kier alpha value is -1.91. The molecule has 0 fully saturated rings. The van der Waals surface area contributed by atoms with Crippen LogP contribution in [0.4, 0.5) is 13.2 Å². The van der Waals surface area contributed by atoms with E-state index in [4.69, 9.17) is 4.42 Å². The monoisotopic (exact) mass is 227 g/mol. The maximum atomic E-state index is 12.1. The summed E-state index contributed by atoms with van der Waals surface area (Å²) in [5, 5.41) is 0. The predicted molar refractivity (Wildman–Crippen MR) is 49.7 cm³/mol. The lowest BCUT2D eigenvalue weighted by Crippen LogP contribution is -2.17. The number of ether oxygens (including phenoxy) is 1. The SMILES string of the molecule is FC(F)(F)Oc1ccccc1-c1c[c]oc1. The van der Waals surface area contributed by atoms with E-state index in [2.05, 4.69) is 11.0 Å². The highest BCUT2D eigenvalue weighted by Crippen LogP contribution is 2.33. The molecule has 1 aromatic carbocycles. The molecule has 0 aliphatic heterocycles. The summed E-state index contributed by atoms with van der Waals surface area (Å²) in [4.78, 5) is 0. The highest BCUT2D eigenvalue weighted by atomic mass is 19.4. The molecule has 0 saturated heterocycles. The molecule has 2 aromatic rings. The Morgan fingerprint density at radius 3 is 2.56 bits per heavy atom. The van der Waals surface area contributed by atoms with Crippen molar-refractivity contribution in [3.8, 4) is 16.9 Å². The van der Waals surface area contributed by atoms with Gasteiger partial charge >= 0.3 is 6.36 Å². The number of alkyl halides is 3. The molecule has 0 amide bonds. The smallest absolute Gasteiger partial charge is 0.460 e. The Balaban J connectivity index is 2.39. The summed E-state index contributed by atoms with van der Waals surface area (Å²) in [5.74, 6) is -0.259. The number of furan rings is 1. The summed E-state index contributed by atoms with van der Waals surface area (Å²) in [6.45, 7) is 0. The van der Waals surface area contributed by atoms with Gasteiger partial charge in [0.2, 0.25) is 0 Å². The fraction of sp³-hybridized carbons (Fsp3) is 0.0909. The quantitative estimate of drug-likeness (QED) is 0.781. The van der Waals surface area contributed by atoms with Crippen molar-refractivity contribution >= 4 is 0 Å². The third kappa shape index (κ3) is 2.36. The summed E-state index contributed by atoms with van der Waals surface area (Å²) in [5.41, 5.74) is 0.796. The average molecular weight is 227 g/mol. The van der Waals surface area contributed by atoms with Crippen LogP contribution < -0.4 is 4.74 Å². The third-order valence-electron chi connectivity index (χ3n) is 1.89. The Bertz CT molecular complexity index is 460. The summed E-state index contributed by atoms with van der Waals surface area (Å²) >= 11 is 0. The highest BCUT2D eigenvalue weighted by molar-refractivity contribution is 5.69. The van der Waals surface area contributed by atoms with Gasteiger partial charge in [0.05, 0.1) is 6.26 Å². The van der Waals surface area contributed by atoms with E-state index in [-0.39, 0.29) is 5.75 Å². The fourth-order valence-corrected chi connectivity index (χ4v) is 1.29. The van der Waals surface area contributed by atoms with Crippen LogP contribution in [0, 0.1) is 6.26 Å². The molecule has 1 radical (unpaired) electrons. The van der Waals surface area contributed by atoms with Crippen molar-refractivity contribution in [2.75, 3.05) is 0 Å². The van der Waals surface area contributed by atoms with E-state index in [1.54, 1.807) is 6.07 Å². The standard InChI is InChI=1S/C11H6F3O2/c12-11(13,14)16-10-4-2-1-3-9(10)8-5-6-15-7-8/h1-5,7H. The minimum Gasteiger partial charge on any atom is -0.460 e. The van der Waals surface area contributed by atoms with E-state index in [9.17, 15) is 13.2 Å². The molecule has 16 heavy (non-hydrogen) atoms. The first-order valence-electron chi connectivity index (χ1n) is 4.36. The van der Waals surface area contributed by atoms with Crippen LogP contribution in [-0.2, 0) is 0 Å². The van der Waals surface area contributed by atoms with Crippen molar-refractivity contribution in [3.05, 3.63) is 42.9 Å². The van der Waals surface area contributed by atoms with Gasteiger partial charge in [-0.1, -0.05) is 18.2 Å². The van der Waals surface area contributed by atoms with E-state index in [0.29, 0.717) is 11.1 Å². The lowest BCUT2D eigenvalue weighted by atomic mass is 10.1. The fourth-order valence-electron chi connectivity index (χ4n) is 1.29. The molecule has 0 spiro atoms. The van der Waals surface area contributed by atoms with E-state index in [1.807, 2.05) is 0 Å². The van der Waals surface area contributed by atoms with Gasteiger partial charge in [-0.25, -0.2) is 0 Å². The van der Waals surface area contributed by atoms with E-state index in [0.717, 1.165) is 0 Å². The van der Waals surface area contributed by atoms with Gasteiger partial charge in [0.1, 0.15) is 5.75 Å². The van der Waals surface area contributed by atoms with Crippen molar-refractivity contribution in [2.24, 2.45) is 0 Å². The number of rotatable bonds is 2. The average Bonchev–Trinajstić information content (AvgIpc) is 2.69. The van der Waals surface area contributed by atoms with Crippen LogP contribution in [0.3, 0.4) is 0 Å². The van der Waals surface area contributed by atoms with Gasteiger partial charge in [-0.05, 0) is 12.1 Å². The molecule has 0 N–H and O–H groups in total. The van der Waals surface area contributed by atoms with Gasteiger partial charge < -0.3 is 9.15 Å². The van der Waals surface area contributed by atoms with E-state index >= 15 is 0 Å². The molecular formula is C11H6F3O2. The zero-order valence-electron chi connectivity index (χ0n) is 7.91. The van der Waals surface area contributed by atoms with E-state index < -0.39 is 6.36 Å². The van der Waals surface area contributed by atoms with Crippen LogP contribution in [0.25, 0.3) is 11.1 Å². The first kappa shape index (κ1) is 10.6. The van der Waals surface area contributed by atoms with Crippen molar-refractivity contribution in [3.63, 3.8) is 0 Å². The topological polar surface area (TPSA) is 22.4 Å². The lowest BCUT2D eigenvalue weighted by molar-refractivity contribution is -0.274. The molecular weight excluding hydrogens is 221 g/mol. The van der Waals surface area contributed by atoms with Gasteiger partial charge in [-0.15, -0.1) is 13.2 Å². The van der Waals surface area contributed by atoms with Crippen molar-refractivity contribution in [1.29, 1.82) is 0 Å². The zero-order chi connectivity index (χ0) is 11.6. The number of hydrogen-bond acceptors (Lipinski definition) is 2. The molecule has 83 valence electrons. The van der Waals surface area contributed by atoms with E-state index in [1.165, 1.54) is 30.5 Å². The Morgan fingerprint density at radius 2 is 1.94 bits per heavy atom. The number of para-hydroxylation sites is 1. The number of hydrogen-bond donors (Lipinski definition) is 0. The predicted octanol–water partition coefficient (Wildman–Crippen LogP) is 3.65. The Labute approximate surface area is 89.3 Å². The number of halogens is 3. The van der Waals surface area contributed by atoms with Gasteiger partial charge in [0.15, 0.2) is 6.26 Å². The molecule has 0 unspecified atom stereocenters. The molecule has 2 nitrogen and oxygen atoms in total. The second kappa shape index (κ2) is 3.92. The third-order valence-corrected chi connectivity index (χ3v) is 1.89. The normalized spacial score (nSPS) is 11.4. The molecule has 0 saturated carbocycles. The zero-order valence-corrected chi connectivity index (χ0v) is 7.91. The van der Waals surface area contributed by atoms with Gasteiger partial charge in [-0.3, -0.25) is 0 Å². The Kier molecular flexibility index (Phi) is 2.60. The Morgan fingerprint density at radius 1 is 1.19 bits per heavy atom. The largest absolute Gasteiger partial charge is 0.573 e. The molecule has 0 aliphatic rings. The van der Waals surface area contributed by atoms with Gasteiger partial charge in [-0.2, -0.15) is 0 Å². The lowest BCUT2D eigenvalue weighted by Gasteiger charge is -2.11. The van der Waals surface area contributed by atoms with Crippen LogP contribution in [-0.4, -0.2) is 6.36 Å². The molecule has 2 rings (SSSR count). The van der Waals surface area contributed by atoms with Crippen LogP contribution >= 0.6 is 0 Å². The summed E-state index contributed by atoms with van der Waals surface area (Å²) in [7, 11) is 0. The van der Waals surface area contributed by atoms with Gasteiger partial charge in [0, 0.05) is 11.1 Å². The van der Waals surface area contributed by atoms with Crippen LogP contribution in [0.2, 0.25) is 0 Å². The molecule has 0 bridgehead atoms. The minimum absolute atomic E-state index is 0.259. The molecule has 1 heterocycles. The molecule has 1 aromatic heterocycles. The van der Waals surface area contributed by atoms with Crippen LogP contribution in [0.15, 0.2) is 41.0 Å². The number of benzene rings is 1. The van der Waals surface area contributed by atoms with Crippen LogP contribution in [0.5, 0.6) is 5.75 Å². The molecule has 0 atom stereocenters. The second-order valence-corrected chi connectivity index (χ2v) is 3.00. The van der Waals surface area contributed by atoms with Crippen LogP contribution in [0.1, 0.15) is 0 Å². The maximum Gasteiger partial charge on any atom is 0.573 e. The maximum absolute atomic E-state index is 12.1. The summed E-state index contributed by atoms with van der Waals surface area (Å²) in [6.07, 6.45) is -0.994. The summed E-state index contributed by atoms with van der Waals surface area (Å²) < 4.78 is 44.9. The molecule has 0 aliphatic carbocycles. The highest BCUT2D eigenvalue weighted by Gasteiger charge is 2.32. The first-order valence-corrected chi connectivity index (χ1v) is 4.36. The van der Waals surface area contributed by atoms with Gasteiger partial charge in [0.25, 0.3) is 0 Å². The summed E-state index contributed by atoms with van der Waals surface area (Å²) in [6, 6.07) is 7.29. The van der Waals surface area contributed by atoms with Crippen molar-refractivity contribution < 1.29 is 22.3 Å². The molecule has 5 heteroatoms.